The van der Waals surface area contributed by atoms with Crippen molar-refractivity contribution in [2.24, 2.45) is 5.92 Å². The van der Waals surface area contributed by atoms with Crippen LogP contribution in [0.1, 0.15) is 33.6 Å². The summed E-state index contributed by atoms with van der Waals surface area (Å²) in [4.78, 5) is 13.7. The second kappa shape index (κ2) is 6.09. The molecule has 1 unspecified atom stereocenters. The van der Waals surface area contributed by atoms with Gasteiger partial charge in [-0.05, 0) is 32.2 Å². The fourth-order valence-electron chi connectivity index (χ4n) is 2.15. The van der Waals surface area contributed by atoms with Gasteiger partial charge in [-0.1, -0.05) is 13.8 Å². The van der Waals surface area contributed by atoms with Crippen LogP contribution < -0.4 is 5.32 Å². The fourth-order valence-corrected chi connectivity index (χ4v) is 2.15. The van der Waals surface area contributed by atoms with Crippen molar-refractivity contribution < 1.29 is 9.53 Å². The molecule has 1 N–H and O–H groups in total. The lowest BCUT2D eigenvalue weighted by Gasteiger charge is -2.29. The Morgan fingerprint density at radius 1 is 1.56 bits per heavy atom. The predicted molar refractivity (Wildman–Crippen MR) is 64.4 cm³/mol. The number of hydrogen-bond acceptors (Lipinski definition) is 3. The van der Waals surface area contributed by atoms with E-state index in [1.807, 2.05) is 0 Å². The molecule has 0 aromatic carbocycles. The number of alkyl carbamates (subject to hydrolysis) is 1. The molecule has 0 saturated carbocycles. The molecule has 16 heavy (non-hydrogen) atoms. The highest BCUT2D eigenvalue weighted by Crippen LogP contribution is 2.18. The van der Waals surface area contributed by atoms with Crippen molar-refractivity contribution in [1.82, 2.24) is 10.2 Å². The average molecular weight is 228 g/mol. The van der Waals surface area contributed by atoms with Gasteiger partial charge in [0.15, 0.2) is 0 Å². The van der Waals surface area contributed by atoms with Crippen LogP contribution >= 0.6 is 0 Å². The van der Waals surface area contributed by atoms with Crippen molar-refractivity contribution in [2.45, 2.75) is 45.7 Å². The van der Waals surface area contributed by atoms with Gasteiger partial charge < -0.3 is 10.1 Å². The van der Waals surface area contributed by atoms with E-state index in [9.17, 15) is 4.79 Å². The summed E-state index contributed by atoms with van der Waals surface area (Å²) in [5.41, 5.74) is 0. The van der Waals surface area contributed by atoms with E-state index in [1.54, 1.807) is 0 Å². The van der Waals surface area contributed by atoms with Crippen LogP contribution in [0.4, 0.5) is 4.79 Å². The van der Waals surface area contributed by atoms with Gasteiger partial charge in [0.1, 0.15) is 0 Å². The first-order chi connectivity index (χ1) is 7.54. The molecule has 0 spiro atoms. The van der Waals surface area contributed by atoms with E-state index in [2.05, 4.69) is 35.7 Å². The molecular weight excluding hydrogens is 204 g/mol. The molecule has 2 atom stereocenters. The summed E-state index contributed by atoms with van der Waals surface area (Å²) in [6.07, 6.45) is 2.21. The highest BCUT2D eigenvalue weighted by Gasteiger charge is 2.25. The fraction of sp³-hybridized carbons (Fsp3) is 0.917. The summed E-state index contributed by atoms with van der Waals surface area (Å²) >= 11 is 0. The summed E-state index contributed by atoms with van der Waals surface area (Å²) in [5.74, 6) is 0.423. The standard InChI is InChI=1S/C12H24N2O2/c1-9(2)11(13-12(15)16-4)8-14-7-5-6-10(14)3/h9-11H,5-8H2,1-4H3,(H,13,15)/t10-,11?/m1/s1. The summed E-state index contributed by atoms with van der Waals surface area (Å²) in [6, 6.07) is 0.814. The Bertz CT molecular complexity index is 231. The second-order valence-corrected chi connectivity index (χ2v) is 4.97. The van der Waals surface area contributed by atoms with Crippen molar-refractivity contribution >= 4 is 6.09 Å². The van der Waals surface area contributed by atoms with Crippen molar-refractivity contribution in [3.63, 3.8) is 0 Å². The number of amides is 1. The van der Waals surface area contributed by atoms with E-state index in [0.29, 0.717) is 12.0 Å². The molecule has 0 bridgehead atoms. The lowest BCUT2D eigenvalue weighted by Crippen LogP contribution is -2.47. The maximum absolute atomic E-state index is 11.2. The zero-order valence-electron chi connectivity index (χ0n) is 10.8. The number of nitrogens with zero attached hydrogens (tertiary/aromatic N) is 1. The molecule has 0 aliphatic carbocycles. The first-order valence-electron chi connectivity index (χ1n) is 6.13. The summed E-state index contributed by atoms with van der Waals surface area (Å²) in [5, 5.41) is 2.91. The van der Waals surface area contributed by atoms with Crippen LogP contribution in [-0.4, -0.2) is 43.3 Å². The van der Waals surface area contributed by atoms with E-state index in [0.717, 1.165) is 13.1 Å². The van der Waals surface area contributed by atoms with Crippen LogP contribution in [-0.2, 0) is 4.74 Å². The zero-order chi connectivity index (χ0) is 12.1. The third kappa shape index (κ3) is 3.67. The number of hydrogen-bond donors (Lipinski definition) is 1. The molecule has 1 amide bonds. The van der Waals surface area contributed by atoms with Crippen LogP contribution in [0, 0.1) is 5.92 Å². The predicted octanol–water partition coefficient (Wildman–Crippen LogP) is 1.85. The first kappa shape index (κ1) is 13.3. The second-order valence-electron chi connectivity index (χ2n) is 4.97. The number of carbonyl (C=O) groups excluding carboxylic acids is 1. The Morgan fingerprint density at radius 2 is 2.25 bits per heavy atom. The van der Waals surface area contributed by atoms with E-state index >= 15 is 0 Å². The third-order valence-corrected chi connectivity index (χ3v) is 3.42. The number of nitrogens with one attached hydrogen (secondary N) is 1. The molecule has 1 aliphatic rings. The quantitative estimate of drug-likeness (QED) is 0.798. The highest BCUT2D eigenvalue weighted by atomic mass is 16.5. The number of likely N-dealkylation sites (tertiary alicyclic amines) is 1. The number of methoxy groups -OCH3 is 1. The normalized spacial score (nSPS) is 23.4. The first-order valence-corrected chi connectivity index (χ1v) is 6.13. The highest BCUT2D eigenvalue weighted by molar-refractivity contribution is 5.67. The minimum absolute atomic E-state index is 0.174. The van der Waals surface area contributed by atoms with Crippen LogP contribution in [0.5, 0.6) is 0 Å². The van der Waals surface area contributed by atoms with Gasteiger partial charge in [-0.2, -0.15) is 0 Å². The number of rotatable bonds is 4. The number of carbonyl (C=O) groups is 1. The molecule has 0 radical (unpaired) electrons. The van der Waals surface area contributed by atoms with Crippen LogP contribution in [0.15, 0.2) is 0 Å². The van der Waals surface area contributed by atoms with Crippen LogP contribution in [0.25, 0.3) is 0 Å². The Labute approximate surface area is 98.3 Å². The average Bonchev–Trinajstić information content (AvgIpc) is 2.63. The number of ether oxygens (including phenoxy) is 1. The molecule has 94 valence electrons. The van der Waals surface area contributed by atoms with Crippen molar-refractivity contribution in [2.75, 3.05) is 20.2 Å². The van der Waals surface area contributed by atoms with E-state index in [-0.39, 0.29) is 12.1 Å². The van der Waals surface area contributed by atoms with Crippen LogP contribution in [0.3, 0.4) is 0 Å². The maximum Gasteiger partial charge on any atom is 0.407 e. The largest absolute Gasteiger partial charge is 0.453 e. The lowest BCUT2D eigenvalue weighted by atomic mass is 10.0. The minimum atomic E-state index is -0.328. The monoisotopic (exact) mass is 228 g/mol. The summed E-state index contributed by atoms with van der Waals surface area (Å²) in [6.45, 7) is 8.58. The molecule has 1 rings (SSSR count). The van der Waals surface area contributed by atoms with Gasteiger partial charge in [0, 0.05) is 18.6 Å². The van der Waals surface area contributed by atoms with Gasteiger partial charge in [-0.3, -0.25) is 4.90 Å². The van der Waals surface area contributed by atoms with Gasteiger partial charge in [-0.25, -0.2) is 4.79 Å². The van der Waals surface area contributed by atoms with E-state index in [1.165, 1.54) is 20.0 Å². The zero-order valence-corrected chi connectivity index (χ0v) is 10.8. The maximum atomic E-state index is 11.2. The minimum Gasteiger partial charge on any atom is -0.453 e. The Hall–Kier alpha value is -0.770. The SMILES string of the molecule is COC(=O)NC(CN1CCC[C@H]1C)C(C)C. The van der Waals surface area contributed by atoms with Gasteiger partial charge >= 0.3 is 6.09 Å². The topological polar surface area (TPSA) is 41.6 Å². The molecular formula is C12H24N2O2. The van der Waals surface area contributed by atoms with Gasteiger partial charge in [-0.15, -0.1) is 0 Å². The van der Waals surface area contributed by atoms with E-state index in [4.69, 9.17) is 0 Å². The molecule has 1 aliphatic heterocycles. The smallest absolute Gasteiger partial charge is 0.407 e. The van der Waals surface area contributed by atoms with Crippen molar-refractivity contribution in [1.29, 1.82) is 0 Å². The Balaban J connectivity index is 2.47. The Kier molecular flexibility index (Phi) is 5.06. The summed E-state index contributed by atoms with van der Waals surface area (Å²) < 4.78 is 4.65. The molecule has 1 heterocycles. The molecule has 4 heteroatoms. The van der Waals surface area contributed by atoms with Crippen molar-refractivity contribution in [3.8, 4) is 0 Å². The molecule has 1 saturated heterocycles. The molecule has 1 fully saturated rings. The third-order valence-electron chi connectivity index (χ3n) is 3.42. The van der Waals surface area contributed by atoms with Gasteiger partial charge in [0.05, 0.1) is 7.11 Å². The summed E-state index contributed by atoms with van der Waals surface area (Å²) in [7, 11) is 1.41. The lowest BCUT2D eigenvalue weighted by molar-refractivity contribution is 0.152. The van der Waals surface area contributed by atoms with Crippen molar-refractivity contribution in [3.05, 3.63) is 0 Å². The molecule has 0 aromatic heterocycles. The van der Waals surface area contributed by atoms with Gasteiger partial charge in [0.25, 0.3) is 0 Å². The molecule has 4 nitrogen and oxygen atoms in total. The van der Waals surface area contributed by atoms with Gasteiger partial charge in [0.2, 0.25) is 0 Å². The Morgan fingerprint density at radius 3 is 2.69 bits per heavy atom. The van der Waals surface area contributed by atoms with Crippen LogP contribution in [0.2, 0.25) is 0 Å². The van der Waals surface area contributed by atoms with E-state index < -0.39 is 0 Å². The molecule has 0 aromatic rings.